The topological polar surface area (TPSA) is 104 Å². The molecule has 0 amide bonds. The number of benzene rings is 1. The predicted octanol–water partition coefficient (Wildman–Crippen LogP) is 2.37. The van der Waals surface area contributed by atoms with Crippen LogP contribution in [0.3, 0.4) is 0 Å². The lowest BCUT2D eigenvalue weighted by Crippen LogP contribution is -2.14. The fourth-order valence-corrected chi connectivity index (χ4v) is 2.85. The minimum absolute atomic E-state index is 0.0593. The molecule has 8 heteroatoms. The van der Waals surface area contributed by atoms with E-state index in [4.69, 9.17) is 23.4 Å². The molecule has 0 radical (unpaired) electrons. The molecule has 0 unspecified atom stereocenters. The van der Waals surface area contributed by atoms with Crippen LogP contribution in [-0.2, 0) is 9.53 Å². The maximum atomic E-state index is 12.0. The zero-order chi connectivity index (χ0) is 20.1. The van der Waals surface area contributed by atoms with E-state index in [9.17, 15) is 14.7 Å². The number of hydrogen-bond acceptors (Lipinski definition) is 8. The van der Waals surface area contributed by atoms with Gasteiger partial charge in [0.2, 0.25) is 16.9 Å². The third-order valence-electron chi connectivity index (χ3n) is 4.10. The van der Waals surface area contributed by atoms with E-state index in [1.165, 1.54) is 34.5 Å². The van der Waals surface area contributed by atoms with Crippen molar-refractivity contribution in [3.63, 3.8) is 0 Å². The summed E-state index contributed by atoms with van der Waals surface area (Å²) >= 11 is 0. The molecule has 0 bridgehead atoms. The largest absolute Gasteiger partial charge is 0.502 e. The maximum Gasteiger partial charge on any atom is 0.306 e. The Morgan fingerprint density at radius 3 is 2.33 bits per heavy atom. The third-order valence-corrected chi connectivity index (χ3v) is 4.10. The molecule has 0 fully saturated rings. The number of aryl methyl sites for hydroxylation is 1. The van der Waals surface area contributed by atoms with Crippen LogP contribution in [0.4, 0.5) is 0 Å². The van der Waals surface area contributed by atoms with Crippen molar-refractivity contribution >= 4 is 5.97 Å². The number of carbonyl (C=O) groups excluding carboxylic acids is 1. The van der Waals surface area contributed by atoms with E-state index in [2.05, 4.69) is 0 Å². The lowest BCUT2D eigenvalue weighted by atomic mass is 9.91. The van der Waals surface area contributed by atoms with Crippen LogP contribution in [0.25, 0.3) is 0 Å². The molecule has 0 aliphatic rings. The summed E-state index contributed by atoms with van der Waals surface area (Å²) < 4.78 is 26.5. The summed E-state index contributed by atoms with van der Waals surface area (Å²) in [6, 6.07) is 4.45. The standard InChI is InChI=1S/C19H22O8/c1-10-8-13(20)16(22)17(27-10)12(9-15(21)24-3)11-6-7-14(23-2)19(26-5)18(11)25-4/h6-8,12,22H,9H2,1-5H3/t12-/m1/s1. The van der Waals surface area contributed by atoms with E-state index >= 15 is 0 Å². The van der Waals surface area contributed by atoms with Crippen LogP contribution in [0, 0.1) is 6.92 Å². The summed E-state index contributed by atoms with van der Waals surface area (Å²) in [5.41, 5.74) is -0.146. The first-order valence-electron chi connectivity index (χ1n) is 8.07. The molecule has 1 aromatic heterocycles. The van der Waals surface area contributed by atoms with E-state index in [0.717, 1.165) is 0 Å². The number of carbonyl (C=O) groups is 1. The monoisotopic (exact) mass is 378 g/mol. The van der Waals surface area contributed by atoms with Crippen molar-refractivity contribution in [3.8, 4) is 23.0 Å². The first-order chi connectivity index (χ1) is 12.9. The van der Waals surface area contributed by atoms with Crippen molar-refractivity contribution in [2.24, 2.45) is 0 Å². The SMILES string of the molecule is COC(=O)C[C@H](c1ccc(OC)c(OC)c1OC)c1oc(C)cc(=O)c1O. The van der Waals surface area contributed by atoms with Gasteiger partial charge in [0.05, 0.1) is 40.8 Å². The van der Waals surface area contributed by atoms with E-state index in [-0.39, 0.29) is 17.9 Å². The Hall–Kier alpha value is -3.16. The van der Waals surface area contributed by atoms with E-state index < -0.39 is 23.1 Å². The highest BCUT2D eigenvalue weighted by molar-refractivity contribution is 5.72. The average Bonchev–Trinajstić information content (AvgIpc) is 2.67. The summed E-state index contributed by atoms with van der Waals surface area (Å²) in [5.74, 6) is -0.731. The van der Waals surface area contributed by atoms with Crippen LogP contribution in [-0.4, -0.2) is 39.5 Å². The highest BCUT2D eigenvalue weighted by Crippen LogP contribution is 2.46. The molecule has 0 spiro atoms. The van der Waals surface area contributed by atoms with Gasteiger partial charge in [-0.2, -0.15) is 0 Å². The fraction of sp³-hybridized carbons (Fsp3) is 0.368. The molecular formula is C19H22O8. The van der Waals surface area contributed by atoms with Crippen LogP contribution >= 0.6 is 0 Å². The smallest absolute Gasteiger partial charge is 0.306 e. The number of aromatic hydroxyl groups is 1. The minimum atomic E-state index is -0.847. The quantitative estimate of drug-likeness (QED) is 0.732. The van der Waals surface area contributed by atoms with Crippen LogP contribution in [0.1, 0.15) is 29.4 Å². The van der Waals surface area contributed by atoms with Crippen LogP contribution in [0.5, 0.6) is 23.0 Å². The Bertz CT molecular complexity index is 884. The van der Waals surface area contributed by atoms with E-state index in [0.29, 0.717) is 22.8 Å². The molecule has 2 rings (SSSR count). The summed E-state index contributed by atoms with van der Waals surface area (Å²) in [6.45, 7) is 1.57. The number of esters is 1. The van der Waals surface area contributed by atoms with E-state index in [1.54, 1.807) is 19.1 Å². The summed E-state index contributed by atoms with van der Waals surface area (Å²) in [6.07, 6.45) is -0.192. The van der Waals surface area contributed by atoms with Gasteiger partial charge in [-0.25, -0.2) is 0 Å². The maximum absolute atomic E-state index is 12.0. The van der Waals surface area contributed by atoms with Gasteiger partial charge in [0.1, 0.15) is 5.76 Å². The number of hydrogen-bond donors (Lipinski definition) is 1. The van der Waals surface area contributed by atoms with E-state index in [1.807, 2.05) is 0 Å². The Morgan fingerprint density at radius 1 is 1.11 bits per heavy atom. The molecule has 146 valence electrons. The molecule has 0 saturated carbocycles. The third kappa shape index (κ3) is 3.99. The highest BCUT2D eigenvalue weighted by atomic mass is 16.5. The normalized spacial score (nSPS) is 11.6. The molecule has 1 atom stereocenters. The number of rotatable bonds is 7. The Morgan fingerprint density at radius 2 is 1.78 bits per heavy atom. The lowest BCUT2D eigenvalue weighted by molar-refractivity contribution is -0.140. The molecule has 0 aliphatic heterocycles. The van der Waals surface area contributed by atoms with Gasteiger partial charge in [0.25, 0.3) is 0 Å². The molecule has 1 N–H and O–H groups in total. The second-order valence-electron chi connectivity index (χ2n) is 5.69. The first-order valence-corrected chi connectivity index (χ1v) is 8.07. The minimum Gasteiger partial charge on any atom is -0.502 e. The molecular weight excluding hydrogens is 356 g/mol. The Kier molecular flexibility index (Phi) is 6.33. The summed E-state index contributed by atoms with van der Waals surface area (Å²) in [7, 11) is 5.61. The van der Waals surface area contributed by atoms with Crippen LogP contribution in [0.15, 0.2) is 27.4 Å². The average molecular weight is 378 g/mol. The second-order valence-corrected chi connectivity index (χ2v) is 5.69. The van der Waals surface area contributed by atoms with Crippen molar-refractivity contribution in [2.45, 2.75) is 19.3 Å². The second kappa shape index (κ2) is 8.48. The molecule has 27 heavy (non-hydrogen) atoms. The first kappa shape index (κ1) is 20.2. The zero-order valence-corrected chi connectivity index (χ0v) is 15.8. The summed E-state index contributed by atoms with van der Waals surface area (Å²) in [5, 5.41) is 10.3. The van der Waals surface area contributed by atoms with Gasteiger partial charge < -0.3 is 28.5 Å². The van der Waals surface area contributed by atoms with Crippen molar-refractivity contribution in [1.29, 1.82) is 0 Å². The number of methoxy groups -OCH3 is 4. The van der Waals surface area contributed by atoms with Crippen LogP contribution < -0.4 is 19.6 Å². The van der Waals surface area contributed by atoms with Gasteiger partial charge >= 0.3 is 5.97 Å². The fourth-order valence-electron chi connectivity index (χ4n) is 2.85. The highest BCUT2D eigenvalue weighted by Gasteiger charge is 2.31. The lowest BCUT2D eigenvalue weighted by Gasteiger charge is -2.22. The molecule has 1 aromatic carbocycles. The molecule has 0 aliphatic carbocycles. The Balaban J connectivity index is 2.77. The molecule has 8 nitrogen and oxygen atoms in total. The number of ether oxygens (including phenoxy) is 4. The predicted molar refractivity (Wildman–Crippen MR) is 96.0 cm³/mol. The zero-order valence-electron chi connectivity index (χ0n) is 15.8. The van der Waals surface area contributed by atoms with Gasteiger partial charge in [-0.3, -0.25) is 9.59 Å². The van der Waals surface area contributed by atoms with Gasteiger partial charge in [0, 0.05) is 11.6 Å². The van der Waals surface area contributed by atoms with Crippen molar-refractivity contribution < 1.29 is 33.3 Å². The van der Waals surface area contributed by atoms with Crippen LogP contribution in [0.2, 0.25) is 0 Å². The van der Waals surface area contributed by atoms with Gasteiger partial charge in [-0.05, 0) is 13.0 Å². The van der Waals surface area contributed by atoms with Crippen molar-refractivity contribution in [2.75, 3.05) is 28.4 Å². The van der Waals surface area contributed by atoms with Crippen molar-refractivity contribution in [3.05, 3.63) is 45.5 Å². The van der Waals surface area contributed by atoms with Crippen molar-refractivity contribution in [1.82, 2.24) is 0 Å². The molecule has 0 saturated heterocycles. The van der Waals surface area contributed by atoms with Gasteiger partial charge in [-0.1, -0.05) is 6.07 Å². The summed E-state index contributed by atoms with van der Waals surface area (Å²) in [4.78, 5) is 24.0. The van der Waals surface area contributed by atoms with Gasteiger partial charge in [-0.15, -0.1) is 0 Å². The van der Waals surface area contributed by atoms with Gasteiger partial charge in [0.15, 0.2) is 17.3 Å². The Labute approximate surface area is 156 Å². The molecule has 1 heterocycles. The molecule has 2 aromatic rings.